The minimum absolute atomic E-state index is 0.00572. The van der Waals surface area contributed by atoms with E-state index in [1.165, 1.54) is 0 Å². The maximum atomic E-state index is 12.3. The number of aliphatic carboxylic acids is 1. The van der Waals surface area contributed by atoms with Gasteiger partial charge in [0.05, 0.1) is 18.8 Å². The monoisotopic (exact) mass is 456 g/mol. The molecule has 178 valence electrons. The molecular weight excluding hydrogens is 424 g/mol. The molecule has 8 heteroatoms. The van der Waals surface area contributed by atoms with Gasteiger partial charge in [0.1, 0.15) is 12.2 Å². The van der Waals surface area contributed by atoms with Gasteiger partial charge in [-0.25, -0.2) is 0 Å². The number of aryl methyl sites for hydroxylation is 1. The molecule has 0 radical (unpaired) electrons. The van der Waals surface area contributed by atoms with Crippen molar-refractivity contribution in [3.8, 4) is 0 Å². The molecule has 0 aromatic heterocycles. The molecule has 0 spiro atoms. The van der Waals surface area contributed by atoms with E-state index in [1.54, 1.807) is 0 Å². The third-order valence-electron chi connectivity index (χ3n) is 6.72. The fraction of sp³-hybridized carbons (Fsp3) is 0.560. The average Bonchev–Trinajstić information content (AvgIpc) is 3.44. The number of rotatable bonds is 13. The van der Waals surface area contributed by atoms with Gasteiger partial charge in [-0.2, -0.15) is 0 Å². The van der Waals surface area contributed by atoms with Crippen LogP contribution in [0.1, 0.15) is 37.7 Å². The standard InChI is InChI=1S/C25H32N2O6/c28-19(13-12-16-8-4-3-5-9-16)27-15-20(29)26-14-18-17(10-6-1-2-7-11-21(30)31)22-24-25(33-24)23(18)32-22/h1,3-6,8-9,17-18,22-25H,2,7,10-15H2,(H,26,29)(H,27,28)(H,30,31)/t17-,18+,22+,23-,24-,25+/m0/s1. The number of hydrogen-bond acceptors (Lipinski definition) is 5. The van der Waals surface area contributed by atoms with Gasteiger partial charge >= 0.3 is 5.97 Å². The predicted octanol–water partition coefficient (Wildman–Crippen LogP) is 1.83. The number of hydrogen-bond donors (Lipinski definition) is 3. The van der Waals surface area contributed by atoms with E-state index in [0.29, 0.717) is 25.8 Å². The van der Waals surface area contributed by atoms with Crippen LogP contribution < -0.4 is 10.6 Å². The molecule has 3 heterocycles. The lowest BCUT2D eigenvalue weighted by Crippen LogP contribution is -2.44. The molecule has 8 nitrogen and oxygen atoms in total. The van der Waals surface area contributed by atoms with Crippen LogP contribution in [0.25, 0.3) is 0 Å². The first kappa shape index (κ1) is 23.4. The van der Waals surface area contributed by atoms with E-state index in [4.69, 9.17) is 14.6 Å². The van der Waals surface area contributed by atoms with Crippen LogP contribution in [0.3, 0.4) is 0 Å². The van der Waals surface area contributed by atoms with Crippen molar-refractivity contribution < 1.29 is 29.0 Å². The van der Waals surface area contributed by atoms with E-state index in [2.05, 4.69) is 16.7 Å². The molecule has 1 aromatic carbocycles. The summed E-state index contributed by atoms with van der Waals surface area (Å²) >= 11 is 0. The van der Waals surface area contributed by atoms with Crippen molar-refractivity contribution in [1.29, 1.82) is 0 Å². The maximum Gasteiger partial charge on any atom is 0.303 e. The molecule has 2 amide bonds. The number of nitrogens with one attached hydrogen (secondary N) is 2. The van der Waals surface area contributed by atoms with Gasteiger partial charge in [-0.3, -0.25) is 14.4 Å². The molecule has 33 heavy (non-hydrogen) atoms. The second-order valence-electron chi connectivity index (χ2n) is 9.02. The highest BCUT2D eigenvalue weighted by molar-refractivity contribution is 5.84. The summed E-state index contributed by atoms with van der Waals surface area (Å²) in [5.74, 6) is -0.695. The first-order valence-electron chi connectivity index (χ1n) is 11.8. The van der Waals surface area contributed by atoms with Crippen LogP contribution in [0, 0.1) is 11.8 Å². The highest BCUT2D eigenvalue weighted by Crippen LogP contribution is 2.54. The number of carboxylic acids is 1. The third-order valence-corrected chi connectivity index (χ3v) is 6.72. The summed E-state index contributed by atoms with van der Waals surface area (Å²) < 4.78 is 11.9. The summed E-state index contributed by atoms with van der Waals surface area (Å²) in [5.41, 5.74) is 1.09. The summed E-state index contributed by atoms with van der Waals surface area (Å²) in [4.78, 5) is 35.0. The van der Waals surface area contributed by atoms with Crippen molar-refractivity contribution >= 4 is 17.8 Å². The number of carbonyl (C=O) groups is 3. The third kappa shape index (κ3) is 6.21. The van der Waals surface area contributed by atoms with Gasteiger partial charge < -0.3 is 25.2 Å². The number of allylic oxidation sites excluding steroid dienone is 2. The van der Waals surface area contributed by atoms with Crippen molar-refractivity contribution in [2.45, 2.75) is 62.9 Å². The molecule has 6 atom stereocenters. The fourth-order valence-corrected chi connectivity index (χ4v) is 4.96. The van der Waals surface area contributed by atoms with Crippen molar-refractivity contribution in [1.82, 2.24) is 10.6 Å². The van der Waals surface area contributed by atoms with Crippen molar-refractivity contribution in [3.63, 3.8) is 0 Å². The van der Waals surface area contributed by atoms with Gasteiger partial charge in [0, 0.05) is 25.3 Å². The van der Waals surface area contributed by atoms with E-state index >= 15 is 0 Å². The van der Waals surface area contributed by atoms with Gasteiger partial charge in [0.25, 0.3) is 0 Å². The molecule has 3 fully saturated rings. The first-order chi connectivity index (χ1) is 16.0. The molecule has 3 N–H and O–H groups in total. The minimum atomic E-state index is -0.773. The highest BCUT2D eigenvalue weighted by Gasteiger charge is 2.68. The molecule has 3 aliphatic rings. The first-order valence-corrected chi connectivity index (χ1v) is 11.8. The predicted molar refractivity (Wildman–Crippen MR) is 120 cm³/mol. The minimum Gasteiger partial charge on any atom is -0.481 e. The molecule has 3 aliphatic heterocycles. The molecule has 0 unspecified atom stereocenters. The molecule has 3 saturated heterocycles. The van der Waals surface area contributed by atoms with E-state index in [9.17, 15) is 14.4 Å². The fourth-order valence-electron chi connectivity index (χ4n) is 4.96. The summed E-state index contributed by atoms with van der Waals surface area (Å²) in [6, 6.07) is 9.78. The maximum absolute atomic E-state index is 12.3. The van der Waals surface area contributed by atoms with Crippen LogP contribution in [-0.4, -0.2) is 60.4 Å². The van der Waals surface area contributed by atoms with Crippen molar-refractivity contribution in [3.05, 3.63) is 48.0 Å². The Kier molecular flexibility index (Phi) is 7.77. The molecular formula is C25H32N2O6. The Bertz CT molecular complexity index is 873. The number of amides is 2. The van der Waals surface area contributed by atoms with Crippen LogP contribution in [-0.2, 0) is 30.3 Å². The second kappa shape index (κ2) is 10.9. The van der Waals surface area contributed by atoms with Gasteiger partial charge in [0.2, 0.25) is 11.8 Å². The smallest absolute Gasteiger partial charge is 0.303 e. The van der Waals surface area contributed by atoms with Crippen LogP contribution in [0.4, 0.5) is 0 Å². The number of carbonyl (C=O) groups excluding carboxylic acids is 2. The van der Waals surface area contributed by atoms with Crippen LogP contribution in [0.5, 0.6) is 0 Å². The summed E-state index contributed by atoms with van der Waals surface area (Å²) in [7, 11) is 0. The SMILES string of the molecule is O=C(O)CCCC=CC[C@H]1[C@@H](CNC(=O)CNC(=O)CCc2ccccc2)[C@@H]2O[C@H]1[C@@H]1O[C@@H]12. The zero-order valence-electron chi connectivity index (χ0n) is 18.7. The summed E-state index contributed by atoms with van der Waals surface area (Å²) in [6.07, 6.45) is 7.86. The lowest BCUT2D eigenvalue weighted by Gasteiger charge is -2.25. The lowest BCUT2D eigenvalue weighted by atomic mass is 9.77. The number of fused-ring (bicyclic) bond motifs is 5. The average molecular weight is 457 g/mol. The number of carboxylic acid groups (broad SMARTS) is 1. The van der Waals surface area contributed by atoms with Crippen LogP contribution in [0.2, 0.25) is 0 Å². The van der Waals surface area contributed by atoms with Gasteiger partial charge in [-0.05, 0) is 37.2 Å². The Morgan fingerprint density at radius 1 is 0.879 bits per heavy atom. The lowest BCUT2D eigenvalue weighted by molar-refractivity contribution is -0.137. The Morgan fingerprint density at radius 3 is 2.36 bits per heavy atom. The van der Waals surface area contributed by atoms with Gasteiger partial charge in [-0.15, -0.1) is 0 Å². The number of benzene rings is 1. The molecule has 0 aliphatic carbocycles. The van der Waals surface area contributed by atoms with E-state index in [0.717, 1.165) is 18.4 Å². The highest BCUT2D eigenvalue weighted by atomic mass is 16.7. The van der Waals surface area contributed by atoms with Crippen molar-refractivity contribution in [2.75, 3.05) is 13.1 Å². The largest absolute Gasteiger partial charge is 0.481 e. The zero-order chi connectivity index (χ0) is 23.2. The zero-order valence-corrected chi connectivity index (χ0v) is 18.7. The summed E-state index contributed by atoms with van der Waals surface area (Å²) in [6.45, 7) is 0.454. The summed E-state index contributed by atoms with van der Waals surface area (Å²) in [5, 5.41) is 14.4. The Morgan fingerprint density at radius 2 is 1.61 bits per heavy atom. The Hall–Kier alpha value is -2.71. The normalized spacial score (nSPS) is 29.1. The van der Waals surface area contributed by atoms with Crippen LogP contribution in [0.15, 0.2) is 42.5 Å². The van der Waals surface area contributed by atoms with E-state index in [1.807, 2.05) is 36.4 Å². The van der Waals surface area contributed by atoms with Crippen LogP contribution >= 0.6 is 0 Å². The van der Waals surface area contributed by atoms with Gasteiger partial charge in [0.15, 0.2) is 0 Å². The molecule has 2 bridgehead atoms. The van der Waals surface area contributed by atoms with E-state index in [-0.39, 0.29) is 61.0 Å². The molecule has 4 rings (SSSR count). The Balaban J connectivity index is 1.17. The number of unbranched alkanes of at least 4 members (excludes halogenated alkanes) is 1. The van der Waals surface area contributed by atoms with Gasteiger partial charge in [-0.1, -0.05) is 42.5 Å². The molecule has 1 aromatic rings. The number of ether oxygens (including phenoxy) is 2. The topological polar surface area (TPSA) is 117 Å². The van der Waals surface area contributed by atoms with Crippen molar-refractivity contribution in [2.24, 2.45) is 11.8 Å². The number of epoxide rings is 1. The molecule has 0 saturated carbocycles. The van der Waals surface area contributed by atoms with E-state index < -0.39 is 5.97 Å². The quantitative estimate of drug-likeness (QED) is 0.237. The Labute approximate surface area is 193 Å². The second-order valence-corrected chi connectivity index (χ2v) is 9.02.